The predicted octanol–water partition coefficient (Wildman–Crippen LogP) is 2.43. The van der Waals surface area contributed by atoms with Gasteiger partial charge in [0.25, 0.3) is 11.5 Å². The Morgan fingerprint density at radius 1 is 1.11 bits per heavy atom. The van der Waals surface area contributed by atoms with Crippen LogP contribution in [0.2, 0.25) is 0 Å². The summed E-state index contributed by atoms with van der Waals surface area (Å²) in [5.74, 6) is -0.954. The van der Waals surface area contributed by atoms with Crippen molar-refractivity contribution in [3.63, 3.8) is 0 Å². The zero-order chi connectivity index (χ0) is 20.0. The fourth-order valence-corrected chi connectivity index (χ4v) is 4.08. The van der Waals surface area contributed by atoms with Crippen LogP contribution in [-0.2, 0) is 7.05 Å². The Labute approximate surface area is 162 Å². The van der Waals surface area contributed by atoms with Crippen LogP contribution in [0.15, 0.2) is 39.8 Å². The van der Waals surface area contributed by atoms with Crippen LogP contribution >= 0.6 is 11.3 Å². The number of benzene rings is 1. The van der Waals surface area contributed by atoms with Crippen molar-refractivity contribution in [2.45, 2.75) is 13.8 Å². The molecule has 0 aliphatic carbocycles. The van der Waals surface area contributed by atoms with Crippen molar-refractivity contribution < 1.29 is 14.0 Å². The van der Waals surface area contributed by atoms with Crippen LogP contribution in [0.3, 0.4) is 0 Å². The van der Waals surface area contributed by atoms with E-state index < -0.39 is 11.8 Å². The van der Waals surface area contributed by atoms with Gasteiger partial charge in [0.2, 0.25) is 0 Å². The third-order valence-electron chi connectivity index (χ3n) is 4.56. The monoisotopic (exact) mass is 396 g/mol. The van der Waals surface area contributed by atoms with Gasteiger partial charge in [-0.25, -0.2) is 4.98 Å². The highest BCUT2D eigenvalue weighted by Crippen LogP contribution is 2.27. The van der Waals surface area contributed by atoms with E-state index in [1.165, 1.54) is 10.9 Å². The van der Waals surface area contributed by atoms with E-state index >= 15 is 0 Å². The second kappa shape index (κ2) is 6.61. The summed E-state index contributed by atoms with van der Waals surface area (Å²) < 4.78 is 6.94. The van der Waals surface area contributed by atoms with E-state index in [0.29, 0.717) is 31.8 Å². The highest BCUT2D eigenvalue weighted by Gasteiger charge is 2.21. The summed E-state index contributed by atoms with van der Waals surface area (Å²) >= 11 is 1.10. The van der Waals surface area contributed by atoms with E-state index in [-0.39, 0.29) is 11.3 Å². The van der Waals surface area contributed by atoms with Crippen molar-refractivity contribution in [1.82, 2.24) is 20.4 Å². The number of nitrogens with zero attached hydrogens (tertiary/aromatic N) is 2. The zero-order valence-electron chi connectivity index (χ0n) is 15.3. The van der Waals surface area contributed by atoms with Gasteiger partial charge in [0.1, 0.15) is 10.4 Å². The normalized spacial score (nSPS) is 11.1. The predicted molar refractivity (Wildman–Crippen MR) is 105 cm³/mol. The number of hydrogen-bond acceptors (Lipinski definition) is 6. The summed E-state index contributed by atoms with van der Waals surface area (Å²) in [6.07, 6.45) is 1.41. The van der Waals surface area contributed by atoms with Gasteiger partial charge in [-0.05, 0) is 25.5 Å². The minimum Gasteiger partial charge on any atom is -0.451 e. The second-order valence-corrected chi connectivity index (χ2v) is 7.36. The minimum absolute atomic E-state index is 0.130. The Morgan fingerprint density at radius 3 is 2.57 bits per heavy atom. The van der Waals surface area contributed by atoms with E-state index in [1.807, 2.05) is 18.2 Å². The number of hydrogen-bond donors (Lipinski definition) is 2. The molecule has 0 saturated heterocycles. The lowest BCUT2D eigenvalue weighted by molar-refractivity contribution is 0.0833. The number of fused-ring (bicyclic) bond motifs is 2. The molecule has 0 atom stereocenters. The highest BCUT2D eigenvalue weighted by molar-refractivity contribution is 7.20. The van der Waals surface area contributed by atoms with Crippen molar-refractivity contribution in [3.05, 3.63) is 62.7 Å². The average molecular weight is 396 g/mol. The molecule has 0 bridgehead atoms. The number of amides is 2. The van der Waals surface area contributed by atoms with Gasteiger partial charge in [0, 0.05) is 18.0 Å². The van der Waals surface area contributed by atoms with Gasteiger partial charge >= 0.3 is 5.91 Å². The standard InChI is InChI=1S/C19H16N4O4S/c1-9-11-6-4-5-7-12(11)27-14(9)16(24)21-22-17(25)15-10(2)13-18(28-15)20-8-23(3)19(13)26/h4-8H,1-3H3,(H,21,24)(H,22,25). The molecule has 0 radical (unpaired) electrons. The molecule has 3 aromatic heterocycles. The number of para-hydroxylation sites is 1. The van der Waals surface area contributed by atoms with Gasteiger partial charge in [-0.3, -0.25) is 25.2 Å². The van der Waals surface area contributed by atoms with Gasteiger partial charge in [-0.1, -0.05) is 18.2 Å². The quantitative estimate of drug-likeness (QED) is 0.506. The first-order valence-electron chi connectivity index (χ1n) is 8.42. The number of thiophene rings is 1. The molecule has 0 saturated carbocycles. The first kappa shape index (κ1) is 17.9. The maximum atomic E-state index is 12.5. The molecule has 4 aromatic rings. The number of aryl methyl sites for hydroxylation is 3. The molecule has 0 unspecified atom stereocenters. The number of carbonyl (C=O) groups is 2. The average Bonchev–Trinajstić information content (AvgIpc) is 3.21. The van der Waals surface area contributed by atoms with Crippen LogP contribution in [0.1, 0.15) is 31.4 Å². The highest BCUT2D eigenvalue weighted by atomic mass is 32.1. The number of carbonyl (C=O) groups excluding carboxylic acids is 2. The van der Waals surface area contributed by atoms with Crippen molar-refractivity contribution in [2.75, 3.05) is 0 Å². The first-order valence-corrected chi connectivity index (χ1v) is 9.23. The third-order valence-corrected chi connectivity index (χ3v) is 5.75. The van der Waals surface area contributed by atoms with Crippen molar-refractivity contribution in [1.29, 1.82) is 0 Å². The van der Waals surface area contributed by atoms with Crippen LogP contribution in [0, 0.1) is 13.8 Å². The van der Waals surface area contributed by atoms with Crippen molar-refractivity contribution >= 4 is 44.3 Å². The largest absolute Gasteiger partial charge is 0.451 e. The maximum Gasteiger partial charge on any atom is 0.305 e. The molecule has 0 aliphatic rings. The van der Waals surface area contributed by atoms with E-state index in [1.54, 1.807) is 27.0 Å². The fraction of sp³-hybridized carbons (Fsp3) is 0.158. The molecule has 1 aromatic carbocycles. The molecular weight excluding hydrogens is 380 g/mol. The summed E-state index contributed by atoms with van der Waals surface area (Å²) in [5, 5.41) is 1.24. The summed E-state index contributed by atoms with van der Waals surface area (Å²) in [6.45, 7) is 3.46. The Bertz CT molecular complexity index is 1310. The second-order valence-electron chi connectivity index (χ2n) is 6.36. The summed E-state index contributed by atoms with van der Waals surface area (Å²) in [5.41, 5.74) is 6.34. The topological polar surface area (TPSA) is 106 Å². The fourth-order valence-electron chi connectivity index (χ4n) is 3.04. The third kappa shape index (κ3) is 2.76. The van der Waals surface area contributed by atoms with Crippen LogP contribution in [-0.4, -0.2) is 21.4 Å². The lowest BCUT2D eigenvalue weighted by Crippen LogP contribution is -2.41. The van der Waals surface area contributed by atoms with Gasteiger partial charge in [-0.2, -0.15) is 0 Å². The molecule has 28 heavy (non-hydrogen) atoms. The van der Waals surface area contributed by atoms with Gasteiger partial charge in [0.05, 0.1) is 16.6 Å². The molecule has 142 valence electrons. The Kier molecular flexibility index (Phi) is 4.23. The molecular formula is C19H16N4O4S. The molecule has 3 heterocycles. The number of nitrogens with one attached hydrogen (secondary N) is 2. The van der Waals surface area contributed by atoms with Gasteiger partial charge in [-0.15, -0.1) is 11.3 Å². The number of hydrazine groups is 1. The maximum absolute atomic E-state index is 12.5. The Balaban J connectivity index is 1.57. The Morgan fingerprint density at radius 2 is 1.82 bits per heavy atom. The molecule has 0 aliphatic heterocycles. The molecule has 0 fully saturated rings. The number of rotatable bonds is 2. The SMILES string of the molecule is Cc1c(C(=O)NNC(=O)c2sc3ncn(C)c(=O)c3c2C)oc2ccccc12. The summed E-state index contributed by atoms with van der Waals surface area (Å²) in [7, 11) is 1.60. The van der Waals surface area contributed by atoms with E-state index in [4.69, 9.17) is 4.42 Å². The van der Waals surface area contributed by atoms with E-state index in [9.17, 15) is 14.4 Å². The molecule has 8 nitrogen and oxygen atoms in total. The van der Waals surface area contributed by atoms with E-state index in [0.717, 1.165) is 16.7 Å². The van der Waals surface area contributed by atoms with Gasteiger partial charge in [0.15, 0.2) is 5.76 Å². The zero-order valence-corrected chi connectivity index (χ0v) is 16.1. The molecule has 2 amide bonds. The lowest BCUT2D eigenvalue weighted by atomic mass is 10.1. The lowest BCUT2D eigenvalue weighted by Gasteiger charge is -2.05. The summed E-state index contributed by atoms with van der Waals surface area (Å²) in [6, 6.07) is 7.30. The minimum atomic E-state index is -0.560. The summed E-state index contributed by atoms with van der Waals surface area (Å²) in [4.78, 5) is 42.2. The van der Waals surface area contributed by atoms with Gasteiger partial charge < -0.3 is 8.98 Å². The van der Waals surface area contributed by atoms with Crippen LogP contribution in [0.5, 0.6) is 0 Å². The van der Waals surface area contributed by atoms with Crippen molar-refractivity contribution in [3.8, 4) is 0 Å². The Hall–Kier alpha value is -3.46. The van der Waals surface area contributed by atoms with Crippen LogP contribution in [0.4, 0.5) is 0 Å². The van der Waals surface area contributed by atoms with Crippen LogP contribution in [0.25, 0.3) is 21.2 Å². The van der Waals surface area contributed by atoms with E-state index in [2.05, 4.69) is 15.8 Å². The molecule has 2 N–H and O–H groups in total. The molecule has 9 heteroatoms. The molecule has 0 spiro atoms. The molecule has 4 rings (SSSR count). The smallest absolute Gasteiger partial charge is 0.305 e. The number of aromatic nitrogens is 2. The van der Waals surface area contributed by atoms with Crippen LogP contribution < -0.4 is 16.4 Å². The van der Waals surface area contributed by atoms with Crippen molar-refractivity contribution in [2.24, 2.45) is 7.05 Å². The first-order chi connectivity index (χ1) is 13.4. The number of furan rings is 1.